The quantitative estimate of drug-likeness (QED) is 0.738. The molecule has 0 spiro atoms. The summed E-state index contributed by atoms with van der Waals surface area (Å²) in [7, 11) is 0. The summed E-state index contributed by atoms with van der Waals surface area (Å²) in [5.74, 6) is -1.07. The van der Waals surface area contributed by atoms with Gasteiger partial charge in [-0.3, -0.25) is 0 Å². The van der Waals surface area contributed by atoms with Crippen LogP contribution in [0.1, 0.15) is 15.9 Å². The third-order valence-electron chi connectivity index (χ3n) is 2.83. The maximum absolute atomic E-state index is 11.1. The second kappa shape index (κ2) is 5.61. The largest absolute Gasteiger partial charge is 0.478 e. The van der Waals surface area contributed by atoms with Crippen LogP contribution in [0.4, 0.5) is 17.1 Å². The van der Waals surface area contributed by atoms with Crippen LogP contribution in [-0.2, 0) is 0 Å². The van der Waals surface area contributed by atoms with Crippen LogP contribution in [0.25, 0.3) is 0 Å². The Hall–Kier alpha value is -1.91. The van der Waals surface area contributed by atoms with Gasteiger partial charge in [0.05, 0.1) is 15.6 Å². The SMILES string of the molecule is Cc1cc(Nc2ccc(Cl)c(Cl)c2)cc(C(=O)O)c1N. The molecule has 20 heavy (non-hydrogen) atoms. The first-order chi connectivity index (χ1) is 9.38. The summed E-state index contributed by atoms with van der Waals surface area (Å²) in [6, 6.07) is 8.32. The van der Waals surface area contributed by atoms with E-state index in [9.17, 15) is 4.79 Å². The summed E-state index contributed by atoms with van der Waals surface area (Å²) >= 11 is 11.8. The monoisotopic (exact) mass is 310 g/mol. The van der Waals surface area contributed by atoms with E-state index in [1.165, 1.54) is 6.07 Å². The van der Waals surface area contributed by atoms with Gasteiger partial charge < -0.3 is 16.2 Å². The van der Waals surface area contributed by atoms with Crippen LogP contribution >= 0.6 is 23.2 Å². The van der Waals surface area contributed by atoms with Crippen molar-refractivity contribution in [2.75, 3.05) is 11.1 Å². The normalized spacial score (nSPS) is 10.3. The molecule has 0 amide bonds. The molecule has 0 atom stereocenters. The number of anilines is 3. The number of aryl methyl sites for hydroxylation is 1. The molecule has 0 saturated heterocycles. The van der Waals surface area contributed by atoms with Crippen molar-refractivity contribution in [2.45, 2.75) is 6.92 Å². The van der Waals surface area contributed by atoms with Crippen LogP contribution in [0.15, 0.2) is 30.3 Å². The van der Waals surface area contributed by atoms with Gasteiger partial charge in [0.25, 0.3) is 0 Å². The fourth-order valence-electron chi connectivity index (χ4n) is 1.79. The van der Waals surface area contributed by atoms with E-state index >= 15 is 0 Å². The summed E-state index contributed by atoms with van der Waals surface area (Å²) in [4.78, 5) is 11.1. The number of nitrogens with one attached hydrogen (secondary N) is 1. The zero-order valence-electron chi connectivity index (χ0n) is 10.6. The predicted molar refractivity (Wildman–Crippen MR) is 82.3 cm³/mol. The highest BCUT2D eigenvalue weighted by Gasteiger charge is 2.12. The second-order valence-corrected chi connectivity index (χ2v) is 5.13. The van der Waals surface area contributed by atoms with Crippen molar-refractivity contribution in [3.63, 3.8) is 0 Å². The standard InChI is InChI=1S/C14H12Cl2N2O2/c1-7-4-9(5-10(13(7)17)14(19)20)18-8-2-3-11(15)12(16)6-8/h2-6,18H,17H2,1H3,(H,19,20). The highest BCUT2D eigenvalue weighted by Crippen LogP contribution is 2.29. The zero-order valence-corrected chi connectivity index (χ0v) is 12.1. The fourth-order valence-corrected chi connectivity index (χ4v) is 2.09. The summed E-state index contributed by atoms with van der Waals surface area (Å²) < 4.78 is 0. The molecule has 0 fully saturated rings. The molecular formula is C14H12Cl2N2O2. The zero-order chi connectivity index (χ0) is 14.9. The topological polar surface area (TPSA) is 75.3 Å². The second-order valence-electron chi connectivity index (χ2n) is 4.31. The van der Waals surface area contributed by atoms with Gasteiger partial charge in [0, 0.05) is 17.1 Å². The Morgan fingerprint density at radius 1 is 1.15 bits per heavy atom. The number of hydrogen-bond acceptors (Lipinski definition) is 3. The maximum atomic E-state index is 11.1. The number of carbonyl (C=O) groups is 1. The minimum Gasteiger partial charge on any atom is -0.478 e. The Morgan fingerprint density at radius 3 is 2.45 bits per heavy atom. The highest BCUT2D eigenvalue weighted by molar-refractivity contribution is 6.42. The molecule has 2 aromatic rings. The number of halogens is 2. The van der Waals surface area contributed by atoms with Crippen LogP contribution in [0.5, 0.6) is 0 Å². The molecule has 0 unspecified atom stereocenters. The first kappa shape index (κ1) is 14.5. The molecule has 0 saturated carbocycles. The van der Waals surface area contributed by atoms with Gasteiger partial charge in [-0.1, -0.05) is 23.2 Å². The van der Waals surface area contributed by atoms with E-state index in [2.05, 4.69) is 5.32 Å². The minimum atomic E-state index is -1.07. The Labute approximate surface area is 126 Å². The first-order valence-corrected chi connectivity index (χ1v) is 6.49. The van der Waals surface area contributed by atoms with E-state index in [1.54, 1.807) is 31.2 Å². The van der Waals surface area contributed by atoms with Crippen LogP contribution < -0.4 is 11.1 Å². The molecule has 2 aromatic carbocycles. The number of carboxylic acids is 1. The van der Waals surface area contributed by atoms with Crippen molar-refractivity contribution >= 4 is 46.2 Å². The minimum absolute atomic E-state index is 0.0626. The number of aromatic carboxylic acids is 1. The molecule has 0 aliphatic carbocycles. The van der Waals surface area contributed by atoms with Gasteiger partial charge in [0.15, 0.2) is 0 Å². The molecule has 2 rings (SSSR count). The van der Waals surface area contributed by atoms with Gasteiger partial charge in [-0.25, -0.2) is 4.79 Å². The van der Waals surface area contributed by atoms with Crippen molar-refractivity contribution in [1.82, 2.24) is 0 Å². The van der Waals surface area contributed by atoms with Crippen molar-refractivity contribution < 1.29 is 9.90 Å². The number of rotatable bonds is 3. The van der Waals surface area contributed by atoms with E-state index in [-0.39, 0.29) is 11.3 Å². The predicted octanol–water partition coefficient (Wildman–Crippen LogP) is 4.33. The van der Waals surface area contributed by atoms with E-state index in [0.29, 0.717) is 27.0 Å². The fraction of sp³-hybridized carbons (Fsp3) is 0.0714. The summed E-state index contributed by atoms with van der Waals surface area (Å²) in [5.41, 5.74) is 8.08. The Kier molecular flexibility index (Phi) is 4.06. The smallest absolute Gasteiger partial charge is 0.337 e. The van der Waals surface area contributed by atoms with Crippen LogP contribution in [0.3, 0.4) is 0 Å². The molecule has 104 valence electrons. The molecular weight excluding hydrogens is 299 g/mol. The van der Waals surface area contributed by atoms with Gasteiger partial charge in [-0.2, -0.15) is 0 Å². The molecule has 6 heteroatoms. The lowest BCUT2D eigenvalue weighted by molar-refractivity contribution is 0.0698. The Morgan fingerprint density at radius 2 is 1.85 bits per heavy atom. The van der Waals surface area contributed by atoms with Gasteiger partial charge in [0.1, 0.15) is 0 Å². The third-order valence-corrected chi connectivity index (χ3v) is 3.56. The average molecular weight is 311 g/mol. The van der Waals surface area contributed by atoms with Gasteiger partial charge in [0.2, 0.25) is 0 Å². The molecule has 4 nitrogen and oxygen atoms in total. The molecule has 0 bridgehead atoms. The Balaban J connectivity index is 2.38. The highest BCUT2D eigenvalue weighted by atomic mass is 35.5. The lowest BCUT2D eigenvalue weighted by Crippen LogP contribution is -2.05. The van der Waals surface area contributed by atoms with Crippen LogP contribution in [0.2, 0.25) is 10.0 Å². The van der Waals surface area contributed by atoms with Gasteiger partial charge in [-0.15, -0.1) is 0 Å². The summed E-state index contributed by atoms with van der Waals surface area (Å²) in [6.07, 6.45) is 0. The number of benzene rings is 2. The number of hydrogen-bond donors (Lipinski definition) is 3. The number of carboxylic acid groups (broad SMARTS) is 1. The van der Waals surface area contributed by atoms with Crippen LogP contribution in [-0.4, -0.2) is 11.1 Å². The maximum Gasteiger partial charge on any atom is 0.337 e. The lowest BCUT2D eigenvalue weighted by Gasteiger charge is -2.12. The molecule has 0 aliphatic heterocycles. The van der Waals surface area contributed by atoms with Crippen molar-refractivity contribution in [3.8, 4) is 0 Å². The average Bonchev–Trinajstić information content (AvgIpc) is 2.37. The number of nitrogen functional groups attached to an aromatic ring is 1. The summed E-state index contributed by atoms with van der Waals surface area (Å²) in [5, 5.41) is 13.1. The van der Waals surface area contributed by atoms with Gasteiger partial charge in [-0.05, 0) is 42.8 Å². The van der Waals surface area contributed by atoms with Gasteiger partial charge >= 0.3 is 5.97 Å². The van der Waals surface area contributed by atoms with Crippen molar-refractivity contribution in [3.05, 3.63) is 51.5 Å². The lowest BCUT2D eigenvalue weighted by atomic mass is 10.1. The number of nitrogens with two attached hydrogens (primary N) is 1. The van der Waals surface area contributed by atoms with Crippen molar-refractivity contribution in [2.24, 2.45) is 0 Å². The third kappa shape index (κ3) is 2.98. The Bertz CT molecular complexity index is 687. The molecule has 0 aliphatic rings. The van der Waals surface area contributed by atoms with E-state index in [1.807, 2.05) is 0 Å². The molecule has 0 heterocycles. The molecule has 0 aromatic heterocycles. The van der Waals surface area contributed by atoms with E-state index < -0.39 is 5.97 Å². The van der Waals surface area contributed by atoms with Crippen LogP contribution in [0, 0.1) is 6.92 Å². The summed E-state index contributed by atoms with van der Waals surface area (Å²) in [6.45, 7) is 1.75. The first-order valence-electron chi connectivity index (χ1n) is 5.74. The van der Waals surface area contributed by atoms with Crippen molar-refractivity contribution in [1.29, 1.82) is 0 Å². The van der Waals surface area contributed by atoms with E-state index in [0.717, 1.165) is 0 Å². The van der Waals surface area contributed by atoms with E-state index in [4.69, 9.17) is 34.0 Å². The molecule has 4 N–H and O–H groups in total. The molecule has 0 radical (unpaired) electrons.